The second-order valence-electron chi connectivity index (χ2n) is 11.0. The van der Waals surface area contributed by atoms with Gasteiger partial charge in [0.25, 0.3) is 8.32 Å². The Morgan fingerprint density at radius 1 is 1.00 bits per heavy atom. The highest BCUT2D eigenvalue weighted by molar-refractivity contribution is 6.99. The Kier molecular flexibility index (Phi) is 6.45. The van der Waals surface area contributed by atoms with Crippen molar-refractivity contribution in [3.63, 3.8) is 0 Å². The summed E-state index contributed by atoms with van der Waals surface area (Å²) in [7, 11) is -2.64. The Morgan fingerprint density at radius 2 is 1.55 bits per heavy atom. The quantitative estimate of drug-likeness (QED) is 0.310. The SMILES string of the molecule is C=C(C)C1(CO[Si](c2ccccc2)(c2ccccc2)C(C)(C)C)[C@@H]2CC[C@H]1C(OC(C)=O)C2. The summed E-state index contributed by atoms with van der Waals surface area (Å²) in [6.07, 6.45) is 3.11. The van der Waals surface area contributed by atoms with E-state index >= 15 is 0 Å². The minimum absolute atomic E-state index is 0.0271. The standard InChI is InChI=1S/C29H38O3Si/c1-21(2)29(23-17-18-26(29)27(19-23)32-22(3)30)20-31-33(28(4,5)6,24-13-9-7-10-14-24)25-15-11-8-12-16-25/h7-16,23,26-27H,1,17-20H2,2-6H3/t23-,26+,27?,29?/m1/s1. The van der Waals surface area contributed by atoms with Crippen LogP contribution in [0.25, 0.3) is 0 Å². The smallest absolute Gasteiger partial charge is 0.302 e. The summed E-state index contributed by atoms with van der Waals surface area (Å²) in [5, 5.41) is 2.52. The van der Waals surface area contributed by atoms with E-state index in [9.17, 15) is 4.79 Å². The van der Waals surface area contributed by atoms with E-state index in [0.29, 0.717) is 12.5 Å². The molecular formula is C29H38O3Si. The molecular weight excluding hydrogens is 424 g/mol. The Hall–Kier alpha value is -2.17. The molecule has 0 radical (unpaired) electrons. The molecule has 0 amide bonds. The largest absolute Gasteiger partial charge is 0.462 e. The second kappa shape index (κ2) is 8.88. The van der Waals surface area contributed by atoms with Crippen molar-refractivity contribution in [3.8, 4) is 0 Å². The lowest BCUT2D eigenvalue weighted by molar-refractivity contribution is -0.149. The van der Waals surface area contributed by atoms with Crippen LogP contribution in [0, 0.1) is 17.3 Å². The number of hydrogen-bond acceptors (Lipinski definition) is 3. The normalized spacial score (nSPS) is 26.9. The van der Waals surface area contributed by atoms with Crippen molar-refractivity contribution in [2.24, 2.45) is 17.3 Å². The van der Waals surface area contributed by atoms with Crippen LogP contribution >= 0.6 is 0 Å². The van der Waals surface area contributed by atoms with E-state index in [2.05, 4.69) is 94.9 Å². The third-order valence-corrected chi connectivity index (χ3v) is 13.2. The predicted octanol–water partition coefficient (Wildman–Crippen LogP) is 5.49. The molecule has 2 aromatic carbocycles. The number of carbonyl (C=O) groups excluding carboxylic acids is 1. The van der Waals surface area contributed by atoms with Crippen LogP contribution in [0.5, 0.6) is 0 Å². The summed E-state index contributed by atoms with van der Waals surface area (Å²) < 4.78 is 13.2. The van der Waals surface area contributed by atoms with Gasteiger partial charge >= 0.3 is 5.97 Å². The van der Waals surface area contributed by atoms with Crippen LogP contribution in [-0.2, 0) is 14.0 Å². The molecule has 4 heteroatoms. The van der Waals surface area contributed by atoms with E-state index in [0.717, 1.165) is 19.3 Å². The number of benzene rings is 2. The van der Waals surface area contributed by atoms with Crippen molar-refractivity contribution in [2.45, 2.75) is 65.0 Å². The Balaban J connectivity index is 1.79. The minimum Gasteiger partial charge on any atom is -0.462 e. The van der Waals surface area contributed by atoms with Gasteiger partial charge in [-0.25, -0.2) is 0 Å². The van der Waals surface area contributed by atoms with Gasteiger partial charge < -0.3 is 9.16 Å². The van der Waals surface area contributed by atoms with Crippen molar-refractivity contribution in [2.75, 3.05) is 6.61 Å². The molecule has 2 bridgehead atoms. The van der Waals surface area contributed by atoms with Crippen LogP contribution in [0.2, 0.25) is 5.04 Å². The first-order valence-electron chi connectivity index (χ1n) is 12.2. The minimum atomic E-state index is -2.64. The lowest BCUT2D eigenvalue weighted by Gasteiger charge is -2.46. The monoisotopic (exact) mass is 462 g/mol. The van der Waals surface area contributed by atoms with Crippen LogP contribution in [-0.4, -0.2) is 27.0 Å². The van der Waals surface area contributed by atoms with E-state index in [1.54, 1.807) is 0 Å². The summed E-state index contributed by atoms with van der Waals surface area (Å²) in [5.74, 6) is 0.542. The van der Waals surface area contributed by atoms with Crippen LogP contribution in [0.4, 0.5) is 0 Å². The zero-order valence-corrected chi connectivity index (χ0v) is 21.8. The summed E-state index contributed by atoms with van der Waals surface area (Å²) >= 11 is 0. The van der Waals surface area contributed by atoms with Crippen LogP contribution in [0.15, 0.2) is 72.8 Å². The number of hydrogen-bond donors (Lipinski definition) is 0. The van der Waals surface area contributed by atoms with Gasteiger partial charge in [0.15, 0.2) is 0 Å². The molecule has 0 aromatic heterocycles. The van der Waals surface area contributed by atoms with E-state index in [4.69, 9.17) is 9.16 Å². The zero-order valence-electron chi connectivity index (χ0n) is 20.8. The first-order chi connectivity index (χ1) is 15.6. The molecule has 2 unspecified atom stereocenters. The number of esters is 1. The molecule has 2 aliphatic carbocycles. The van der Waals surface area contributed by atoms with Gasteiger partial charge in [0.05, 0.1) is 0 Å². The number of rotatable bonds is 7. The molecule has 4 rings (SSSR count). The lowest BCUT2D eigenvalue weighted by Crippen LogP contribution is -2.67. The molecule has 0 N–H and O–H groups in total. The van der Waals surface area contributed by atoms with E-state index in [-0.39, 0.29) is 28.4 Å². The maximum Gasteiger partial charge on any atom is 0.302 e. The van der Waals surface area contributed by atoms with Gasteiger partial charge in [-0.15, -0.1) is 0 Å². The molecule has 0 saturated heterocycles. The van der Waals surface area contributed by atoms with E-state index in [1.807, 2.05) is 0 Å². The van der Waals surface area contributed by atoms with E-state index < -0.39 is 8.32 Å². The number of carbonyl (C=O) groups is 1. The highest BCUT2D eigenvalue weighted by Crippen LogP contribution is 2.62. The lowest BCUT2D eigenvalue weighted by atomic mass is 9.73. The van der Waals surface area contributed by atoms with Gasteiger partial charge in [-0.05, 0) is 47.5 Å². The fraction of sp³-hybridized carbons (Fsp3) is 0.483. The third kappa shape index (κ3) is 3.91. The maximum absolute atomic E-state index is 11.8. The second-order valence-corrected chi connectivity index (χ2v) is 15.3. The molecule has 2 fully saturated rings. The van der Waals surface area contributed by atoms with Crippen molar-refractivity contribution in [1.29, 1.82) is 0 Å². The average molecular weight is 463 g/mol. The first-order valence-corrected chi connectivity index (χ1v) is 14.1. The Bertz CT molecular complexity index is 955. The number of ether oxygens (including phenoxy) is 1. The maximum atomic E-state index is 11.8. The molecule has 2 saturated carbocycles. The molecule has 0 aliphatic heterocycles. The summed E-state index contributed by atoms with van der Waals surface area (Å²) in [6, 6.07) is 21.6. The van der Waals surface area contributed by atoms with Crippen molar-refractivity contribution >= 4 is 24.7 Å². The van der Waals surface area contributed by atoms with Gasteiger partial charge in [0, 0.05) is 24.9 Å². The van der Waals surface area contributed by atoms with Crippen molar-refractivity contribution in [3.05, 3.63) is 72.8 Å². The van der Waals surface area contributed by atoms with Gasteiger partial charge in [0.2, 0.25) is 0 Å². The molecule has 2 aliphatic rings. The highest BCUT2D eigenvalue weighted by Gasteiger charge is 2.62. The molecule has 0 spiro atoms. The van der Waals surface area contributed by atoms with Gasteiger partial charge in [-0.1, -0.05) is 93.6 Å². The Labute approximate surface area is 200 Å². The fourth-order valence-corrected chi connectivity index (χ4v) is 11.4. The summed E-state index contributed by atoms with van der Waals surface area (Å²) in [4.78, 5) is 11.8. The topological polar surface area (TPSA) is 35.5 Å². The molecule has 2 aromatic rings. The zero-order chi connectivity index (χ0) is 23.9. The number of fused-ring (bicyclic) bond motifs is 2. The molecule has 0 heterocycles. The first kappa shape index (κ1) is 24.0. The van der Waals surface area contributed by atoms with Crippen LogP contribution < -0.4 is 10.4 Å². The molecule has 176 valence electrons. The Morgan fingerprint density at radius 3 is 2.00 bits per heavy atom. The average Bonchev–Trinajstić information content (AvgIpc) is 3.27. The van der Waals surface area contributed by atoms with Gasteiger partial charge in [0.1, 0.15) is 6.10 Å². The van der Waals surface area contributed by atoms with Gasteiger partial charge in [-0.3, -0.25) is 4.79 Å². The van der Waals surface area contributed by atoms with Gasteiger partial charge in [-0.2, -0.15) is 0 Å². The summed E-state index contributed by atoms with van der Waals surface area (Å²) in [5.41, 5.74) is 1.02. The molecule has 3 nitrogen and oxygen atoms in total. The predicted molar refractivity (Wildman–Crippen MR) is 137 cm³/mol. The van der Waals surface area contributed by atoms with Crippen molar-refractivity contribution < 1.29 is 14.0 Å². The third-order valence-electron chi connectivity index (χ3n) is 8.24. The summed E-state index contributed by atoms with van der Waals surface area (Å²) in [6.45, 7) is 15.7. The highest BCUT2D eigenvalue weighted by atomic mass is 28.4. The van der Waals surface area contributed by atoms with Crippen LogP contribution in [0.3, 0.4) is 0 Å². The fourth-order valence-electron chi connectivity index (χ4n) is 6.83. The van der Waals surface area contributed by atoms with E-state index in [1.165, 1.54) is 22.9 Å². The van der Waals surface area contributed by atoms with Crippen molar-refractivity contribution in [1.82, 2.24) is 0 Å². The molecule has 4 atom stereocenters. The molecule has 33 heavy (non-hydrogen) atoms. The van der Waals surface area contributed by atoms with Crippen LogP contribution in [0.1, 0.15) is 53.9 Å².